The molecule has 0 N–H and O–H groups in total. The van der Waals surface area contributed by atoms with Crippen LogP contribution >= 0.6 is 0 Å². The fraction of sp³-hybridized carbons (Fsp3) is 0.500. The van der Waals surface area contributed by atoms with E-state index in [1.54, 1.807) is 17.9 Å². The standard InChI is InChI=1S/C32H34F9N/c1-6-20-12-29(33)26(17(2)3)14-28(20)25-7-8-30(34,35)15-22(25)16-42-18(4)9-27(19(42)5)21-10-23(31(36,37)38)13-24(11-21)32(39,40)41/h10-14,17,19,27H,4,6-9,15-16H2,1-3,5H3. The number of hydrogen-bond acceptors (Lipinski definition) is 1. The SMILES string of the molecule is C=C1CC(c2cc(C(F)(F)F)cc(C(F)(F)F)c2)C(C)N1CC1=C(c2cc(C(C)C)c(F)cc2CC)CCC(F)(F)C1. The van der Waals surface area contributed by atoms with E-state index in [0.29, 0.717) is 40.0 Å². The molecule has 0 saturated carbocycles. The van der Waals surface area contributed by atoms with Gasteiger partial charge in [-0.25, -0.2) is 13.2 Å². The van der Waals surface area contributed by atoms with Crippen molar-refractivity contribution in [2.75, 3.05) is 6.54 Å². The van der Waals surface area contributed by atoms with E-state index in [0.717, 1.165) is 12.1 Å². The third-order valence-electron chi connectivity index (χ3n) is 8.53. The highest BCUT2D eigenvalue weighted by Crippen LogP contribution is 2.47. The van der Waals surface area contributed by atoms with Gasteiger partial charge in [-0.2, -0.15) is 26.3 Å². The Kier molecular flexibility index (Phi) is 8.61. The van der Waals surface area contributed by atoms with Crippen molar-refractivity contribution < 1.29 is 39.5 Å². The maximum absolute atomic E-state index is 14.8. The zero-order chi connectivity index (χ0) is 31.4. The Morgan fingerprint density at radius 3 is 2.10 bits per heavy atom. The van der Waals surface area contributed by atoms with E-state index in [1.165, 1.54) is 6.07 Å². The van der Waals surface area contributed by atoms with Crippen molar-refractivity contribution >= 4 is 5.57 Å². The number of nitrogens with zero attached hydrogens (tertiary/aromatic N) is 1. The van der Waals surface area contributed by atoms with Crippen molar-refractivity contribution in [3.8, 4) is 0 Å². The fourth-order valence-electron chi connectivity index (χ4n) is 6.21. The summed E-state index contributed by atoms with van der Waals surface area (Å²) >= 11 is 0. The molecule has 0 bridgehead atoms. The summed E-state index contributed by atoms with van der Waals surface area (Å²) in [4.78, 5) is 1.70. The quantitative estimate of drug-likeness (QED) is 0.297. The normalized spacial score (nSPS) is 21.6. The zero-order valence-corrected chi connectivity index (χ0v) is 23.9. The summed E-state index contributed by atoms with van der Waals surface area (Å²) in [7, 11) is 0. The molecule has 0 amide bonds. The first-order valence-corrected chi connectivity index (χ1v) is 14.0. The second-order valence-electron chi connectivity index (χ2n) is 11.7. The van der Waals surface area contributed by atoms with Crippen molar-refractivity contribution in [2.45, 2.75) is 96.0 Å². The van der Waals surface area contributed by atoms with Gasteiger partial charge in [-0.1, -0.05) is 27.4 Å². The largest absolute Gasteiger partial charge is 0.416 e. The van der Waals surface area contributed by atoms with Crippen molar-refractivity contribution in [3.05, 3.63) is 87.4 Å². The van der Waals surface area contributed by atoms with Gasteiger partial charge in [0.15, 0.2) is 0 Å². The minimum atomic E-state index is -4.98. The van der Waals surface area contributed by atoms with Gasteiger partial charge in [-0.15, -0.1) is 0 Å². The molecule has 2 atom stereocenters. The van der Waals surface area contributed by atoms with Crippen LogP contribution in [0.15, 0.2) is 48.2 Å². The van der Waals surface area contributed by atoms with Gasteiger partial charge in [0.2, 0.25) is 0 Å². The predicted octanol–water partition coefficient (Wildman–Crippen LogP) is 10.5. The first-order chi connectivity index (χ1) is 19.3. The molecule has 2 aliphatic rings. The molecule has 4 rings (SSSR count). The molecule has 10 heteroatoms. The monoisotopic (exact) mass is 603 g/mol. The molecule has 1 aliphatic heterocycles. The predicted molar refractivity (Wildman–Crippen MR) is 145 cm³/mol. The van der Waals surface area contributed by atoms with Gasteiger partial charge >= 0.3 is 12.4 Å². The molecular weight excluding hydrogens is 569 g/mol. The summed E-state index contributed by atoms with van der Waals surface area (Å²) < 4.78 is 126. The number of aryl methyl sites for hydroxylation is 1. The molecule has 42 heavy (non-hydrogen) atoms. The van der Waals surface area contributed by atoms with Crippen LogP contribution in [-0.4, -0.2) is 23.4 Å². The Hall–Kier alpha value is -2.91. The Morgan fingerprint density at radius 1 is 0.976 bits per heavy atom. The highest BCUT2D eigenvalue weighted by molar-refractivity contribution is 5.73. The summed E-state index contributed by atoms with van der Waals surface area (Å²) in [5.41, 5.74) is 0.462. The smallest absolute Gasteiger partial charge is 0.368 e. The molecule has 1 aliphatic carbocycles. The molecule has 2 aromatic carbocycles. The average molecular weight is 604 g/mol. The number of halogens is 9. The van der Waals surface area contributed by atoms with E-state index >= 15 is 0 Å². The highest BCUT2D eigenvalue weighted by Gasteiger charge is 2.42. The van der Waals surface area contributed by atoms with Gasteiger partial charge < -0.3 is 4.90 Å². The molecule has 0 spiro atoms. The average Bonchev–Trinajstić information content (AvgIpc) is 3.15. The van der Waals surface area contributed by atoms with Crippen LogP contribution in [0.3, 0.4) is 0 Å². The number of rotatable bonds is 6. The number of likely N-dealkylation sites (tertiary alicyclic amines) is 1. The number of alkyl halides is 8. The Morgan fingerprint density at radius 2 is 1.57 bits per heavy atom. The van der Waals surface area contributed by atoms with Crippen LogP contribution in [-0.2, 0) is 18.8 Å². The van der Waals surface area contributed by atoms with Crippen LogP contribution in [0.1, 0.15) is 98.6 Å². The van der Waals surface area contributed by atoms with Crippen molar-refractivity contribution in [1.82, 2.24) is 4.90 Å². The molecule has 1 nitrogen and oxygen atoms in total. The van der Waals surface area contributed by atoms with Crippen LogP contribution in [0.25, 0.3) is 5.57 Å². The molecule has 1 heterocycles. The van der Waals surface area contributed by atoms with E-state index in [-0.39, 0.29) is 49.2 Å². The van der Waals surface area contributed by atoms with Gasteiger partial charge in [0, 0.05) is 37.0 Å². The van der Waals surface area contributed by atoms with E-state index in [9.17, 15) is 39.5 Å². The molecular formula is C32H34F9N. The van der Waals surface area contributed by atoms with E-state index in [2.05, 4.69) is 6.58 Å². The lowest BCUT2D eigenvalue weighted by Gasteiger charge is -2.34. The number of allylic oxidation sites excluding steroid dienone is 2. The lowest BCUT2D eigenvalue weighted by molar-refractivity contribution is -0.143. The van der Waals surface area contributed by atoms with Crippen molar-refractivity contribution in [3.63, 3.8) is 0 Å². The lowest BCUT2D eigenvalue weighted by atomic mass is 9.81. The maximum Gasteiger partial charge on any atom is 0.416 e. The second kappa shape index (κ2) is 11.3. The Labute approximate surface area is 240 Å². The Bertz CT molecular complexity index is 1350. The number of benzene rings is 2. The fourth-order valence-corrected chi connectivity index (χ4v) is 6.21. The highest BCUT2D eigenvalue weighted by atomic mass is 19.4. The van der Waals surface area contributed by atoms with Crippen LogP contribution in [0.4, 0.5) is 39.5 Å². The molecule has 230 valence electrons. The maximum atomic E-state index is 14.8. The molecule has 2 unspecified atom stereocenters. The van der Waals surface area contributed by atoms with Gasteiger partial charge in [0.05, 0.1) is 11.1 Å². The summed E-state index contributed by atoms with van der Waals surface area (Å²) in [6.07, 6.45) is -10.3. The second-order valence-corrected chi connectivity index (χ2v) is 11.7. The van der Waals surface area contributed by atoms with Crippen LogP contribution in [0, 0.1) is 5.82 Å². The molecule has 0 radical (unpaired) electrons. The molecule has 1 fully saturated rings. The molecule has 2 aromatic rings. The minimum absolute atomic E-state index is 0.00987. The van der Waals surface area contributed by atoms with Gasteiger partial charge in [0.1, 0.15) is 5.82 Å². The van der Waals surface area contributed by atoms with Gasteiger partial charge in [0.25, 0.3) is 5.92 Å². The third kappa shape index (κ3) is 6.52. The first-order valence-electron chi connectivity index (χ1n) is 14.0. The third-order valence-corrected chi connectivity index (χ3v) is 8.53. The molecule has 0 aromatic heterocycles. The van der Waals surface area contributed by atoms with Crippen molar-refractivity contribution in [1.29, 1.82) is 0 Å². The van der Waals surface area contributed by atoms with E-state index in [1.807, 2.05) is 20.8 Å². The summed E-state index contributed by atoms with van der Waals surface area (Å²) in [5.74, 6) is -4.26. The molecule has 1 saturated heterocycles. The summed E-state index contributed by atoms with van der Waals surface area (Å²) in [6, 6.07) is 4.11. The minimum Gasteiger partial charge on any atom is -0.368 e. The van der Waals surface area contributed by atoms with E-state index < -0.39 is 47.8 Å². The Balaban J connectivity index is 1.76. The van der Waals surface area contributed by atoms with Crippen LogP contribution in [0.2, 0.25) is 0 Å². The van der Waals surface area contributed by atoms with Crippen LogP contribution in [0.5, 0.6) is 0 Å². The zero-order valence-electron chi connectivity index (χ0n) is 23.9. The van der Waals surface area contributed by atoms with Crippen molar-refractivity contribution in [2.24, 2.45) is 0 Å². The summed E-state index contributed by atoms with van der Waals surface area (Å²) in [6.45, 7) is 11.2. The lowest BCUT2D eigenvalue weighted by Crippen LogP contribution is -2.33. The van der Waals surface area contributed by atoms with Crippen LogP contribution < -0.4 is 0 Å². The van der Waals surface area contributed by atoms with E-state index in [4.69, 9.17) is 0 Å². The summed E-state index contributed by atoms with van der Waals surface area (Å²) in [5, 5.41) is 0. The number of hydrogen-bond donors (Lipinski definition) is 0. The topological polar surface area (TPSA) is 3.24 Å². The van der Waals surface area contributed by atoms with Gasteiger partial charge in [-0.3, -0.25) is 0 Å². The first kappa shape index (κ1) is 32.0. The van der Waals surface area contributed by atoms with Gasteiger partial charge in [-0.05, 0) is 95.8 Å².